The van der Waals surface area contributed by atoms with Crippen LogP contribution in [0.1, 0.15) is 26.3 Å². The third kappa shape index (κ3) is 7.23. The minimum Gasteiger partial charge on any atom is -0.444 e. The number of para-hydroxylation sites is 1. The van der Waals surface area contributed by atoms with Crippen molar-refractivity contribution >= 4 is 48.0 Å². The summed E-state index contributed by atoms with van der Waals surface area (Å²) in [6.45, 7) is 5.83. The summed E-state index contributed by atoms with van der Waals surface area (Å²) in [5, 5.41) is 2.72. The summed E-state index contributed by atoms with van der Waals surface area (Å²) in [6, 6.07) is 14.4. The van der Waals surface area contributed by atoms with Crippen LogP contribution in [0.3, 0.4) is 0 Å². The molecule has 28 heavy (non-hydrogen) atoms. The zero-order chi connectivity index (χ0) is 20.7. The minimum atomic E-state index is -0.576. The lowest BCUT2D eigenvalue weighted by atomic mass is 10.2. The first-order valence-electron chi connectivity index (χ1n) is 8.57. The molecule has 0 heterocycles. The Kier molecular flexibility index (Phi) is 7.99. The SMILES string of the molecule is CN(Cc1cc(NC(=O)Oc2ccccc2)ccc1SI)C(=O)OC(C)(C)C. The first-order chi connectivity index (χ1) is 13.2. The molecule has 0 saturated carbocycles. The van der Waals surface area contributed by atoms with Crippen LogP contribution in [0, 0.1) is 0 Å². The third-order valence-electron chi connectivity index (χ3n) is 3.46. The number of carbonyl (C=O) groups is 2. The Morgan fingerprint density at radius 2 is 1.82 bits per heavy atom. The van der Waals surface area contributed by atoms with E-state index in [-0.39, 0.29) is 0 Å². The minimum absolute atomic E-state index is 0.351. The van der Waals surface area contributed by atoms with Gasteiger partial charge >= 0.3 is 12.2 Å². The van der Waals surface area contributed by atoms with Gasteiger partial charge in [0, 0.05) is 45.4 Å². The van der Waals surface area contributed by atoms with Crippen LogP contribution < -0.4 is 10.1 Å². The molecule has 6 nitrogen and oxygen atoms in total. The van der Waals surface area contributed by atoms with Gasteiger partial charge in [-0.15, -0.1) is 0 Å². The molecule has 2 rings (SSSR count). The lowest BCUT2D eigenvalue weighted by molar-refractivity contribution is 0.0284. The second-order valence-electron chi connectivity index (χ2n) is 7.06. The molecule has 0 spiro atoms. The molecule has 0 aliphatic carbocycles. The van der Waals surface area contributed by atoms with Crippen LogP contribution in [0.5, 0.6) is 5.75 Å². The molecule has 0 unspecified atom stereocenters. The fourth-order valence-corrected chi connectivity index (χ4v) is 3.89. The number of halogens is 1. The lowest BCUT2D eigenvalue weighted by Crippen LogP contribution is -2.33. The van der Waals surface area contributed by atoms with Gasteiger partial charge in [-0.05, 0) is 56.7 Å². The zero-order valence-corrected chi connectivity index (χ0v) is 19.2. The van der Waals surface area contributed by atoms with Gasteiger partial charge in [-0.3, -0.25) is 5.32 Å². The van der Waals surface area contributed by atoms with E-state index in [1.165, 1.54) is 13.8 Å². The molecular formula is C20H23IN2O4S. The summed E-state index contributed by atoms with van der Waals surface area (Å²) in [5.41, 5.74) is 0.921. The molecule has 8 heteroatoms. The first kappa shape index (κ1) is 22.4. The van der Waals surface area contributed by atoms with Crippen molar-refractivity contribution in [1.29, 1.82) is 0 Å². The summed E-state index contributed by atoms with van der Waals surface area (Å²) >= 11 is 2.19. The number of hydrogen-bond donors (Lipinski definition) is 1. The third-order valence-corrected chi connectivity index (χ3v) is 5.44. The van der Waals surface area contributed by atoms with E-state index < -0.39 is 17.8 Å². The standard InChI is InChI=1S/C20H23IN2O4S/c1-20(2,3)27-19(25)23(4)13-14-12-15(10-11-17(14)28-21)22-18(24)26-16-8-6-5-7-9-16/h5-12H,13H2,1-4H3,(H,22,24). The molecule has 1 N–H and O–H groups in total. The molecule has 0 radical (unpaired) electrons. The highest BCUT2D eigenvalue weighted by atomic mass is 127. The van der Waals surface area contributed by atoms with Gasteiger partial charge in [0.15, 0.2) is 0 Å². The molecule has 0 fully saturated rings. The highest BCUT2D eigenvalue weighted by Crippen LogP contribution is 2.31. The van der Waals surface area contributed by atoms with Gasteiger partial charge in [-0.25, -0.2) is 9.59 Å². The Hall–Kier alpha value is -1.94. The second-order valence-corrected chi connectivity index (χ2v) is 8.98. The summed E-state index contributed by atoms with van der Waals surface area (Å²) in [6.07, 6.45) is -0.980. The Labute approximate surface area is 181 Å². The lowest BCUT2D eigenvalue weighted by Gasteiger charge is -2.25. The fourth-order valence-electron chi connectivity index (χ4n) is 2.25. The Morgan fingerprint density at radius 1 is 1.14 bits per heavy atom. The molecule has 2 amide bonds. The molecule has 0 aromatic heterocycles. The Balaban J connectivity index is 2.08. The van der Waals surface area contributed by atoms with Crippen molar-refractivity contribution in [1.82, 2.24) is 4.90 Å². The highest BCUT2D eigenvalue weighted by molar-refractivity contribution is 14.2. The van der Waals surface area contributed by atoms with Gasteiger partial charge in [0.1, 0.15) is 11.4 Å². The van der Waals surface area contributed by atoms with Crippen molar-refractivity contribution in [3.05, 3.63) is 54.1 Å². The number of carbonyl (C=O) groups excluding carboxylic acids is 2. The number of hydrogen-bond acceptors (Lipinski definition) is 5. The summed E-state index contributed by atoms with van der Waals surface area (Å²) < 4.78 is 10.6. The second kappa shape index (κ2) is 10.0. The van der Waals surface area contributed by atoms with Crippen molar-refractivity contribution < 1.29 is 19.1 Å². The van der Waals surface area contributed by atoms with Gasteiger partial charge in [0.2, 0.25) is 0 Å². The maximum absolute atomic E-state index is 12.2. The smallest absolute Gasteiger partial charge is 0.417 e. The van der Waals surface area contributed by atoms with Crippen molar-refractivity contribution in [2.75, 3.05) is 12.4 Å². The van der Waals surface area contributed by atoms with Crippen LogP contribution >= 0.6 is 30.1 Å². The van der Waals surface area contributed by atoms with Gasteiger partial charge in [0.05, 0.1) is 0 Å². The van der Waals surface area contributed by atoms with Crippen LogP contribution in [0.2, 0.25) is 0 Å². The van der Waals surface area contributed by atoms with E-state index in [0.717, 1.165) is 10.5 Å². The quantitative estimate of drug-likeness (QED) is 0.488. The average molecular weight is 514 g/mol. The van der Waals surface area contributed by atoms with E-state index in [9.17, 15) is 9.59 Å². The number of anilines is 1. The van der Waals surface area contributed by atoms with Crippen molar-refractivity contribution in [2.45, 2.75) is 37.8 Å². The first-order valence-corrected chi connectivity index (χ1v) is 11.9. The molecule has 0 atom stereocenters. The maximum atomic E-state index is 12.2. The van der Waals surface area contributed by atoms with E-state index in [4.69, 9.17) is 9.47 Å². The van der Waals surface area contributed by atoms with E-state index in [0.29, 0.717) is 18.0 Å². The topological polar surface area (TPSA) is 67.9 Å². The zero-order valence-electron chi connectivity index (χ0n) is 16.2. The monoisotopic (exact) mass is 514 g/mol. The number of nitrogens with one attached hydrogen (secondary N) is 1. The summed E-state index contributed by atoms with van der Waals surface area (Å²) in [4.78, 5) is 26.8. The van der Waals surface area contributed by atoms with Crippen molar-refractivity contribution in [2.24, 2.45) is 0 Å². The molecule has 0 saturated heterocycles. The van der Waals surface area contributed by atoms with Crippen LogP contribution in [0.4, 0.5) is 15.3 Å². The van der Waals surface area contributed by atoms with E-state index in [1.807, 2.05) is 39.0 Å². The van der Waals surface area contributed by atoms with E-state index in [1.54, 1.807) is 37.4 Å². The number of benzene rings is 2. The number of nitrogens with zero attached hydrogens (tertiary/aromatic N) is 1. The summed E-state index contributed by atoms with van der Waals surface area (Å²) in [7, 11) is 3.22. The summed E-state index contributed by atoms with van der Waals surface area (Å²) in [5.74, 6) is 0.462. The maximum Gasteiger partial charge on any atom is 0.417 e. The molecule has 0 aliphatic heterocycles. The largest absolute Gasteiger partial charge is 0.444 e. The van der Waals surface area contributed by atoms with Gasteiger partial charge in [-0.2, -0.15) is 0 Å². The number of ether oxygens (including phenoxy) is 2. The van der Waals surface area contributed by atoms with Crippen molar-refractivity contribution in [3.63, 3.8) is 0 Å². The molecule has 0 bridgehead atoms. The number of amides is 2. The highest BCUT2D eigenvalue weighted by Gasteiger charge is 2.20. The molecule has 2 aromatic rings. The van der Waals surface area contributed by atoms with E-state index >= 15 is 0 Å². The van der Waals surface area contributed by atoms with Crippen LogP contribution in [0.25, 0.3) is 0 Å². The molecule has 150 valence electrons. The average Bonchev–Trinajstić information content (AvgIpc) is 2.61. The molecular weight excluding hydrogens is 491 g/mol. The van der Waals surface area contributed by atoms with Crippen molar-refractivity contribution in [3.8, 4) is 5.75 Å². The van der Waals surface area contributed by atoms with Crippen LogP contribution in [-0.2, 0) is 11.3 Å². The van der Waals surface area contributed by atoms with E-state index in [2.05, 4.69) is 26.5 Å². The normalized spacial score (nSPS) is 10.9. The Bertz CT molecular complexity index is 825. The fraction of sp³-hybridized carbons (Fsp3) is 0.300. The van der Waals surface area contributed by atoms with Crippen LogP contribution in [0.15, 0.2) is 53.4 Å². The van der Waals surface area contributed by atoms with Gasteiger partial charge in [0.25, 0.3) is 0 Å². The number of rotatable bonds is 5. The van der Waals surface area contributed by atoms with Gasteiger partial charge < -0.3 is 14.4 Å². The molecule has 2 aromatic carbocycles. The Morgan fingerprint density at radius 3 is 2.43 bits per heavy atom. The van der Waals surface area contributed by atoms with Gasteiger partial charge in [-0.1, -0.05) is 27.1 Å². The molecule has 0 aliphatic rings. The predicted octanol–water partition coefficient (Wildman–Crippen LogP) is 6.11. The predicted molar refractivity (Wildman–Crippen MR) is 120 cm³/mol. The van der Waals surface area contributed by atoms with Crippen LogP contribution in [-0.4, -0.2) is 29.7 Å².